The fourth-order valence-corrected chi connectivity index (χ4v) is 4.78. The molecule has 0 N–H and O–H groups in total. The van der Waals surface area contributed by atoms with E-state index in [4.69, 9.17) is 21.1 Å². The Morgan fingerprint density at radius 2 is 1.73 bits per heavy atom. The molecule has 1 saturated heterocycles. The van der Waals surface area contributed by atoms with Gasteiger partial charge in [-0.3, -0.25) is 4.90 Å². The lowest BCUT2D eigenvalue weighted by Crippen LogP contribution is -2.35. The van der Waals surface area contributed by atoms with Gasteiger partial charge in [0.25, 0.3) is 0 Å². The third kappa shape index (κ3) is 7.38. The van der Waals surface area contributed by atoms with Crippen LogP contribution in [0.1, 0.15) is 79.4 Å². The van der Waals surface area contributed by atoms with E-state index >= 15 is 0 Å². The maximum atomic E-state index is 14.4. The van der Waals surface area contributed by atoms with Crippen molar-refractivity contribution in [2.75, 3.05) is 19.7 Å². The molecule has 4 nitrogen and oxygen atoms in total. The van der Waals surface area contributed by atoms with Gasteiger partial charge in [0.15, 0.2) is 0 Å². The van der Waals surface area contributed by atoms with Crippen LogP contribution in [0.15, 0.2) is 30.3 Å². The van der Waals surface area contributed by atoms with Crippen molar-refractivity contribution in [2.45, 2.75) is 70.7 Å². The van der Waals surface area contributed by atoms with Gasteiger partial charge in [0.1, 0.15) is 17.2 Å². The predicted octanol–water partition coefficient (Wildman–Crippen LogP) is 7.62. The van der Waals surface area contributed by atoms with Gasteiger partial charge in [-0.1, -0.05) is 11.6 Å². The number of carbonyl (C=O) groups is 1. The number of halogens is 5. The van der Waals surface area contributed by atoms with Gasteiger partial charge in [-0.05, 0) is 107 Å². The van der Waals surface area contributed by atoms with Gasteiger partial charge in [0, 0.05) is 12.1 Å². The van der Waals surface area contributed by atoms with Gasteiger partial charge in [-0.2, -0.15) is 13.2 Å². The Morgan fingerprint density at radius 3 is 2.32 bits per heavy atom. The molecule has 4 rings (SSSR count). The summed E-state index contributed by atoms with van der Waals surface area (Å²) in [6.07, 6.45) is -0.905. The predicted molar refractivity (Wildman–Crippen MR) is 133 cm³/mol. The number of hydrogen-bond donors (Lipinski definition) is 0. The van der Waals surface area contributed by atoms with Gasteiger partial charge in [-0.25, -0.2) is 9.18 Å². The number of carbonyl (C=O) groups excluding carboxylic acids is 1. The maximum Gasteiger partial charge on any atom is 0.416 e. The van der Waals surface area contributed by atoms with E-state index in [9.17, 15) is 22.4 Å². The lowest BCUT2D eigenvalue weighted by atomic mass is 9.97. The van der Waals surface area contributed by atoms with Crippen molar-refractivity contribution in [1.82, 2.24) is 4.90 Å². The van der Waals surface area contributed by atoms with Gasteiger partial charge < -0.3 is 9.47 Å². The molecule has 1 heterocycles. The largest absolute Gasteiger partial charge is 0.493 e. The van der Waals surface area contributed by atoms with Gasteiger partial charge >= 0.3 is 12.1 Å². The van der Waals surface area contributed by atoms with Crippen LogP contribution in [0.3, 0.4) is 0 Å². The average molecular weight is 542 g/mol. The van der Waals surface area contributed by atoms with Crippen LogP contribution in [-0.4, -0.2) is 36.2 Å². The van der Waals surface area contributed by atoms with E-state index in [1.165, 1.54) is 0 Å². The minimum atomic E-state index is -4.58. The summed E-state index contributed by atoms with van der Waals surface area (Å²) in [5.41, 5.74) is -0.0212. The van der Waals surface area contributed by atoms with Crippen LogP contribution in [0.25, 0.3) is 0 Å². The summed E-state index contributed by atoms with van der Waals surface area (Å²) in [7, 11) is 0. The first-order valence-electron chi connectivity index (χ1n) is 12.6. The molecule has 0 spiro atoms. The Bertz CT molecular complexity index is 1130. The van der Waals surface area contributed by atoms with E-state index in [-0.39, 0.29) is 24.0 Å². The number of piperidine rings is 1. The molecule has 0 aromatic heterocycles. The van der Waals surface area contributed by atoms with Crippen LogP contribution >= 0.6 is 11.6 Å². The molecule has 37 heavy (non-hydrogen) atoms. The van der Waals surface area contributed by atoms with E-state index in [2.05, 4.69) is 0 Å². The van der Waals surface area contributed by atoms with Crippen LogP contribution in [-0.2, 0) is 17.5 Å². The van der Waals surface area contributed by atoms with E-state index in [0.29, 0.717) is 37.2 Å². The Kier molecular flexibility index (Phi) is 8.10. The second kappa shape index (κ2) is 10.8. The van der Waals surface area contributed by atoms with Crippen molar-refractivity contribution in [2.24, 2.45) is 5.92 Å². The molecular formula is C28H32ClF4NO3. The number of alkyl halides is 3. The van der Waals surface area contributed by atoms with E-state index in [1.54, 1.807) is 6.07 Å². The molecule has 2 aliphatic rings. The number of ether oxygens (including phenoxy) is 2. The quantitative estimate of drug-likeness (QED) is 0.267. The molecule has 1 aliphatic carbocycles. The molecule has 0 bridgehead atoms. The van der Waals surface area contributed by atoms with Crippen molar-refractivity contribution < 1.29 is 31.8 Å². The van der Waals surface area contributed by atoms with Crippen molar-refractivity contribution in [3.8, 4) is 5.75 Å². The third-order valence-electron chi connectivity index (χ3n) is 6.67. The summed E-state index contributed by atoms with van der Waals surface area (Å²) in [5, 5.41) is -0.516. The Hall–Kier alpha value is -2.32. The number of benzene rings is 2. The minimum absolute atomic E-state index is 0.0475. The Labute approximate surface area is 219 Å². The summed E-state index contributed by atoms with van der Waals surface area (Å²) in [6, 6.07) is 6.91. The van der Waals surface area contributed by atoms with E-state index in [0.717, 1.165) is 43.1 Å². The molecule has 2 aromatic carbocycles. The highest BCUT2D eigenvalue weighted by atomic mass is 35.5. The molecule has 202 valence electrons. The molecule has 0 radical (unpaired) electrons. The molecule has 0 unspecified atom stereocenters. The first-order valence-corrected chi connectivity index (χ1v) is 13.0. The molecule has 0 amide bonds. The third-order valence-corrected chi connectivity index (χ3v) is 6.94. The monoisotopic (exact) mass is 541 g/mol. The van der Waals surface area contributed by atoms with E-state index in [1.807, 2.05) is 37.8 Å². The minimum Gasteiger partial charge on any atom is -0.493 e. The zero-order chi connectivity index (χ0) is 27.0. The summed E-state index contributed by atoms with van der Waals surface area (Å²) in [6.45, 7) is 7.31. The standard InChI is InChI=1S/C28H32ClF4NO3/c1-27(2,3)37-26(35)19-6-7-24(22(13-19)18-4-5-18)36-16-17-8-10-34(11-9-17)15-20-12-21(28(31,32)33)14-23(29)25(20)30/h6-7,12-14,17-18H,4-5,8-11,15-16H2,1-3H3. The molecular weight excluding hydrogens is 510 g/mol. The van der Waals surface area contributed by atoms with Crippen LogP contribution in [0.5, 0.6) is 5.75 Å². The number of likely N-dealkylation sites (tertiary alicyclic amines) is 1. The second-order valence-electron chi connectivity index (χ2n) is 11.0. The van der Waals surface area contributed by atoms with Gasteiger partial charge in [0.05, 0.1) is 22.8 Å². The highest BCUT2D eigenvalue weighted by Gasteiger charge is 2.33. The number of esters is 1. The molecule has 2 aromatic rings. The van der Waals surface area contributed by atoms with Crippen molar-refractivity contribution in [1.29, 1.82) is 0 Å². The number of nitrogens with zero attached hydrogens (tertiary/aromatic N) is 1. The smallest absolute Gasteiger partial charge is 0.416 e. The molecule has 0 atom stereocenters. The zero-order valence-electron chi connectivity index (χ0n) is 21.3. The lowest BCUT2D eigenvalue weighted by Gasteiger charge is -2.32. The van der Waals surface area contributed by atoms with Crippen LogP contribution in [0.4, 0.5) is 17.6 Å². The van der Waals surface area contributed by atoms with Crippen molar-refractivity contribution in [3.05, 3.63) is 63.4 Å². The van der Waals surface area contributed by atoms with Crippen molar-refractivity contribution in [3.63, 3.8) is 0 Å². The van der Waals surface area contributed by atoms with Crippen LogP contribution in [0.2, 0.25) is 5.02 Å². The summed E-state index contributed by atoms with van der Waals surface area (Å²) >= 11 is 5.72. The Balaban J connectivity index is 1.33. The lowest BCUT2D eigenvalue weighted by molar-refractivity contribution is -0.137. The summed E-state index contributed by atoms with van der Waals surface area (Å²) < 4.78 is 65.4. The fraction of sp³-hybridized carbons (Fsp3) is 0.536. The Morgan fingerprint density at radius 1 is 1.05 bits per heavy atom. The highest BCUT2D eigenvalue weighted by Crippen LogP contribution is 2.45. The van der Waals surface area contributed by atoms with Crippen LogP contribution < -0.4 is 4.74 Å². The van der Waals surface area contributed by atoms with E-state index < -0.39 is 28.2 Å². The van der Waals surface area contributed by atoms with Gasteiger partial charge in [0.2, 0.25) is 0 Å². The summed E-state index contributed by atoms with van der Waals surface area (Å²) in [4.78, 5) is 14.4. The van der Waals surface area contributed by atoms with Gasteiger partial charge in [-0.15, -0.1) is 0 Å². The first kappa shape index (κ1) is 27.7. The number of hydrogen-bond acceptors (Lipinski definition) is 4. The topological polar surface area (TPSA) is 38.8 Å². The summed E-state index contributed by atoms with van der Waals surface area (Å²) in [5.74, 6) is 0.268. The molecule has 1 saturated carbocycles. The maximum absolute atomic E-state index is 14.4. The highest BCUT2D eigenvalue weighted by molar-refractivity contribution is 6.30. The zero-order valence-corrected chi connectivity index (χ0v) is 22.0. The molecule has 2 fully saturated rings. The number of rotatable bonds is 7. The van der Waals surface area contributed by atoms with Crippen molar-refractivity contribution >= 4 is 17.6 Å². The van der Waals surface area contributed by atoms with Crippen LogP contribution in [0, 0.1) is 11.7 Å². The second-order valence-corrected chi connectivity index (χ2v) is 11.4. The molecule has 1 aliphatic heterocycles. The average Bonchev–Trinajstić information content (AvgIpc) is 3.65. The fourth-order valence-electron chi connectivity index (χ4n) is 4.54. The molecule has 9 heteroatoms. The first-order chi connectivity index (χ1) is 17.3. The normalized spacial score (nSPS) is 17.6. The SMILES string of the molecule is CC(C)(C)OC(=O)c1ccc(OCC2CCN(Cc3cc(C(F)(F)F)cc(Cl)c3F)CC2)c(C2CC2)c1.